The summed E-state index contributed by atoms with van der Waals surface area (Å²) in [4.78, 5) is 11.8. The molecule has 0 saturated heterocycles. The topological polar surface area (TPSA) is 34.9 Å². The highest BCUT2D eigenvalue weighted by atomic mass is 19.1. The van der Waals surface area contributed by atoms with E-state index in [1.165, 1.54) is 12.1 Å². The summed E-state index contributed by atoms with van der Waals surface area (Å²) in [7, 11) is 0. The number of ketones is 1. The number of aryl methyl sites for hydroxylation is 1. The predicted molar refractivity (Wildman–Crippen MR) is 67.1 cm³/mol. The van der Waals surface area contributed by atoms with Crippen molar-refractivity contribution in [2.45, 2.75) is 26.8 Å². The number of hydrogen-bond acceptors (Lipinski definition) is 2. The van der Waals surface area contributed by atoms with E-state index in [4.69, 9.17) is 0 Å². The summed E-state index contributed by atoms with van der Waals surface area (Å²) in [5, 5.41) is 4.30. The van der Waals surface area contributed by atoms with Crippen molar-refractivity contribution in [3.05, 3.63) is 53.1 Å². The Morgan fingerprint density at radius 1 is 1.33 bits per heavy atom. The lowest BCUT2D eigenvalue weighted by atomic mass is 10.2. The molecule has 2 aromatic rings. The molecule has 0 saturated carbocycles. The van der Waals surface area contributed by atoms with Crippen LogP contribution in [0, 0.1) is 12.7 Å². The summed E-state index contributed by atoms with van der Waals surface area (Å²) in [5.74, 6) is -0.196. The molecule has 0 atom stereocenters. The van der Waals surface area contributed by atoms with Gasteiger partial charge in [-0.1, -0.05) is 19.1 Å². The summed E-state index contributed by atoms with van der Waals surface area (Å²) in [6.45, 7) is 4.16. The van der Waals surface area contributed by atoms with Crippen LogP contribution in [0.4, 0.5) is 4.39 Å². The van der Waals surface area contributed by atoms with Crippen molar-refractivity contribution in [3.8, 4) is 0 Å². The van der Waals surface area contributed by atoms with Gasteiger partial charge in [-0.3, -0.25) is 9.48 Å². The molecule has 0 spiro atoms. The van der Waals surface area contributed by atoms with Gasteiger partial charge in [0.1, 0.15) is 11.5 Å². The first kappa shape index (κ1) is 12.5. The number of halogens is 1. The van der Waals surface area contributed by atoms with Gasteiger partial charge < -0.3 is 0 Å². The van der Waals surface area contributed by atoms with Gasteiger partial charge in [-0.15, -0.1) is 0 Å². The Hall–Kier alpha value is -1.97. The fraction of sp³-hybridized carbons (Fsp3) is 0.286. The molecular weight excluding hydrogens is 231 g/mol. The largest absolute Gasteiger partial charge is 0.292 e. The lowest BCUT2D eigenvalue weighted by Gasteiger charge is -2.06. The van der Waals surface area contributed by atoms with Crippen LogP contribution >= 0.6 is 0 Å². The molecule has 1 heterocycles. The third-order valence-corrected chi connectivity index (χ3v) is 2.75. The van der Waals surface area contributed by atoms with Gasteiger partial charge in [0.15, 0.2) is 5.78 Å². The molecule has 94 valence electrons. The van der Waals surface area contributed by atoms with E-state index in [0.29, 0.717) is 18.7 Å². The van der Waals surface area contributed by atoms with Crippen LogP contribution in [0.1, 0.15) is 35.1 Å². The second kappa shape index (κ2) is 5.12. The molecule has 3 nitrogen and oxygen atoms in total. The molecule has 0 amide bonds. The minimum atomic E-state index is -0.264. The lowest BCUT2D eigenvalue weighted by molar-refractivity contribution is 0.0978. The van der Waals surface area contributed by atoms with Gasteiger partial charge >= 0.3 is 0 Å². The Balaban J connectivity index is 2.28. The van der Waals surface area contributed by atoms with Crippen molar-refractivity contribution in [1.82, 2.24) is 9.78 Å². The van der Waals surface area contributed by atoms with Gasteiger partial charge in [0.2, 0.25) is 0 Å². The maximum Gasteiger partial charge on any atom is 0.180 e. The predicted octanol–water partition coefficient (Wildman–Crippen LogP) is 2.97. The maximum absolute atomic E-state index is 12.8. The summed E-state index contributed by atoms with van der Waals surface area (Å²) < 4.78 is 14.5. The van der Waals surface area contributed by atoms with Gasteiger partial charge in [-0.2, -0.15) is 5.10 Å². The first-order valence-electron chi connectivity index (χ1n) is 5.92. The van der Waals surface area contributed by atoms with Gasteiger partial charge in [0.25, 0.3) is 0 Å². The number of carbonyl (C=O) groups is 1. The zero-order valence-electron chi connectivity index (χ0n) is 10.5. The standard InChI is InChI=1S/C14H15FN2O/c1-3-14(18)13-8-10(2)16-17(13)9-11-4-6-12(15)7-5-11/h4-8H,3,9H2,1-2H3. The summed E-state index contributed by atoms with van der Waals surface area (Å²) in [5.41, 5.74) is 2.35. The molecule has 0 radical (unpaired) electrons. The zero-order chi connectivity index (χ0) is 13.1. The highest BCUT2D eigenvalue weighted by Gasteiger charge is 2.12. The van der Waals surface area contributed by atoms with E-state index in [1.807, 2.05) is 13.8 Å². The molecule has 4 heteroatoms. The van der Waals surface area contributed by atoms with Crippen LogP contribution in [0.15, 0.2) is 30.3 Å². The summed E-state index contributed by atoms with van der Waals surface area (Å²) in [6.07, 6.45) is 0.453. The third-order valence-electron chi connectivity index (χ3n) is 2.75. The fourth-order valence-corrected chi connectivity index (χ4v) is 1.83. The Bertz CT molecular complexity index is 558. The van der Waals surface area contributed by atoms with E-state index in [1.54, 1.807) is 22.9 Å². The quantitative estimate of drug-likeness (QED) is 0.777. The van der Waals surface area contributed by atoms with Gasteiger partial charge in [0, 0.05) is 6.42 Å². The summed E-state index contributed by atoms with van der Waals surface area (Å²) >= 11 is 0. The average molecular weight is 246 g/mol. The Morgan fingerprint density at radius 3 is 2.61 bits per heavy atom. The monoisotopic (exact) mass is 246 g/mol. The van der Waals surface area contributed by atoms with E-state index in [0.717, 1.165) is 11.3 Å². The van der Waals surface area contributed by atoms with Crippen LogP contribution in [-0.2, 0) is 6.54 Å². The minimum Gasteiger partial charge on any atom is -0.292 e. The van der Waals surface area contributed by atoms with Crippen LogP contribution in [-0.4, -0.2) is 15.6 Å². The maximum atomic E-state index is 12.8. The number of benzene rings is 1. The highest BCUT2D eigenvalue weighted by Crippen LogP contribution is 2.11. The molecule has 0 bridgehead atoms. The van der Waals surface area contributed by atoms with Crippen LogP contribution in [0.5, 0.6) is 0 Å². The van der Waals surface area contributed by atoms with E-state index < -0.39 is 0 Å². The molecule has 1 aromatic heterocycles. The van der Waals surface area contributed by atoms with Crippen molar-refractivity contribution < 1.29 is 9.18 Å². The third kappa shape index (κ3) is 2.64. The Morgan fingerprint density at radius 2 is 2.00 bits per heavy atom. The molecular formula is C14H15FN2O. The van der Waals surface area contributed by atoms with E-state index >= 15 is 0 Å². The van der Waals surface area contributed by atoms with Crippen LogP contribution < -0.4 is 0 Å². The number of carbonyl (C=O) groups excluding carboxylic acids is 1. The fourth-order valence-electron chi connectivity index (χ4n) is 1.83. The second-order valence-electron chi connectivity index (χ2n) is 4.23. The van der Waals surface area contributed by atoms with Crippen molar-refractivity contribution in [2.24, 2.45) is 0 Å². The SMILES string of the molecule is CCC(=O)c1cc(C)nn1Cc1ccc(F)cc1. The molecule has 0 aliphatic carbocycles. The van der Waals surface area contributed by atoms with Crippen molar-refractivity contribution >= 4 is 5.78 Å². The van der Waals surface area contributed by atoms with Crippen molar-refractivity contribution in [3.63, 3.8) is 0 Å². The van der Waals surface area contributed by atoms with Gasteiger partial charge in [-0.05, 0) is 30.7 Å². The molecule has 2 rings (SSSR count). The van der Waals surface area contributed by atoms with Gasteiger partial charge in [0.05, 0.1) is 12.2 Å². The van der Waals surface area contributed by atoms with Crippen molar-refractivity contribution in [1.29, 1.82) is 0 Å². The molecule has 0 aliphatic heterocycles. The van der Waals surface area contributed by atoms with Crippen LogP contribution in [0.25, 0.3) is 0 Å². The molecule has 0 fully saturated rings. The zero-order valence-corrected chi connectivity index (χ0v) is 10.5. The Kier molecular flexibility index (Phi) is 3.55. The van der Waals surface area contributed by atoms with Crippen molar-refractivity contribution in [2.75, 3.05) is 0 Å². The summed E-state index contributed by atoms with van der Waals surface area (Å²) in [6, 6.07) is 8.01. The number of nitrogens with zero attached hydrogens (tertiary/aromatic N) is 2. The Labute approximate surface area is 105 Å². The van der Waals surface area contributed by atoms with Crippen LogP contribution in [0.2, 0.25) is 0 Å². The smallest absolute Gasteiger partial charge is 0.180 e. The molecule has 0 unspecified atom stereocenters. The number of hydrogen-bond donors (Lipinski definition) is 0. The lowest BCUT2D eigenvalue weighted by Crippen LogP contribution is -2.10. The van der Waals surface area contributed by atoms with E-state index in [-0.39, 0.29) is 11.6 Å². The number of Topliss-reactive ketones (excluding diaryl/α,β-unsaturated/α-hetero) is 1. The van der Waals surface area contributed by atoms with E-state index in [2.05, 4.69) is 5.10 Å². The first-order valence-corrected chi connectivity index (χ1v) is 5.92. The van der Waals surface area contributed by atoms with E-state index in [9.17, 15) is 9.18 Å². The number of aromatic nitrogens is 2. The first-order chi connectivity index (χ1) is 8.60. The second-order valence-corrected chi connectivity index (χ2v) is 4.23. The highest BCUT2D eigenvalue weighted by molar-refractivity contribution is 5.94. The normalized spacial score (nSPS) is 10.6. The average Bonchev–Trinajstić information content (AvgIpc) is 2.72. The number of rotatable bonds is 4. The van der Waals surface area contributed by atoms with Gasteiger partial charge in [-0.25, -0.2) is 4.39 Å². The molecule has 0 N–H and O–H groups in total. The molecule has 18 heavy (non-hydrogen) atoms. The molecule has 0 aliphatic rings. The molecule has 1 aromatic carbocycles. The van der Waals surface area contributed by atoms with Crippen LogP contribution in [0.3, 0.4) is 0 Å². The minimum absolute atomic E-state index is 0.0673.